The van der Waals surface area contributed by atoms with E-state index in [-0.39, 0.29) is 6.79 Å². The molecule has 0 saturated heterocycles. The highest BCUT2D eigenvalue weighted by Gasteiger charge is 2.14. The standard InChI is InChI=1S/C19H24N4O3/c1-3-21-19(22-9-10-24-16-5-4-8-20-12-16)23(2)13-15-6-7-17-18(11-15)26-14-25-17/h4-8,11-12H,3,9-10,13-14H2,1-2H3,(H,21,22). The second-order valence-electron chi connectivity index (χ2n) is 5.82. The number of hydrogen-bond donors (Lipinski definition) is 1. The smallest absolute Gasteiger partial charge is 0.231 e. The highest BCUT2D eigenvalue weighted by Crippen LogP contribution is 2.32. The maximum absolute atomic E-state index is 5.64. The average Bonchev–Trinajstić information content (AvgIpc) is 3.13. The van der Waals surface area contributed by atoms with Crippen molar-refractivity contribution in [2.24, 2.45) is 4.99 Å². The molecular formula is C19H24N4O3. The first-order valence-corrected chi connectivity index (χ1v) is 8.67. The molecule has 1 aliphatic heterocycles. The van der Waals surface area contributed by atoms with E-state index in [4.69, 9.17) is 14.2 Å². The third kappa shape index (κ3) is 4.78. The fourth-order valence-electron chi connectivity index (χ4n) is 2.61. The summed E-state index contributed by atoms with van der Waals surface area (Å²) in [4.78, 5) is 10.7. The van der Waals surface area contributed by atoms with Gasteiger partial charge < -0.3 is 24.4 Å². The van der Waals surface area contributed by atoms with Gasteiger partial charge in [0, 0.05) is 26.3 Å². The van der Waals surface area contributed by atoms with Crippen LogP contribution in [0, 0.1) is 0 Å². The number of ether oxygens (including phenoxy) is 3. The molecule has 26 heavy (non-hydrogen) atoms. The number of aliphatic imine (C=N–C) groups is 1. The summed E-state index contributed by atoms with van der Waals surface area (Å²) in [5.41, 5.74) is 1.13. The van der Waals surface area contributed by atoms with Crippen molar-refractivity contribution in [1.82, 2.24) is 15.2 Å². The SMILES string of the molecule is CCNC(=NCCOc1cccnc1)N(C)Cc1ccc2c(c1)OCO2. The molecule has 1 aromatic heterocycles. The Balaban J connectivity index is 1.55. The Bertz CT molecular complexity index is 737. The van der Waals surface area contributed by atoms with Gasteiger partial charge in [0.2, 0.25) is 6.79 Å². The number of fused-ring (bicyclic) bond motifs is 1. The summed E-state index contributed by atoms with van der Waals surface area (Å²) in [6.07, 6.45) is 3.42. The average molecular weight is 356 g/mol. The summed E-state index contributed by atoms with van der Waals surface area (Å²) in [6.45, 7) is 4.91. The molecule has 1 aromatic carbocycles. The van der Waals surface area contributed by atoms with Gasteiger partial charge in [0.05, 0.1) is 12.7 Å². The zero-order valence-electron chi connectivity index (χ0n) is 15.1. The molecule has 7 nitrogen and oxygen atoms in total. The molecule has 0 unspecified atom stereocenters. The maximum atomic E-state index is 5.64. The van der Waals surface area contributed by atoms with Gasteiger partial charge in [0.25, 0.3) is 0 Å². The van der Waals surface area contributed by atoms with E-state index in [9.17, 15) is 0 Å². The first kappa shape index (κ1) is 17.8. The van der Waals surface area contributed by atoms with Crippen LogP contribution in [-0.2, 0) is 6.54 Å². The Hall–Kier alpha value is -2.96. The fourth-order valence-corrected chi connectivity index (χ4v) is 2.61. The van der Waals surface area contributed by atoms with Crippen molar-refractivity contribution in [3.8, 4) is 17.2 Å². The molecule has 0 atom stereocenters. The van der Waals surface area contributed by atoms with Crippen LogP contribution in [0.2, 0.25) is 0 Å². The number of benzene rings is 1. The molecule has 0 radical (unpaired) electrons. The lowest BCUT2D eigenvalue weighted by Crippen LogP contribution is -2.38. The van der Waals surface area contributed by atoms with Crippen LogP contribution in [0.5, 0.6) is 17.2 Å². The Kier molecular flexibility index (Phi) is 6.14. The van der Waals surface area contributed by atoms with E-state index >= 15 is 0 Å². The predicted octanol–water partition coefficient (Wildman–Crippen LogP) is 2.29. The Labute approximate surface area is 153 Å². The summed E-state index contributed by atoms with van der Waals surface area (Å²) in [7, 11) is 2.01. The molecule has 7 heteroatoms. The molecule has 0 bridgehead atoms. The van der Waals surface area contributed by atoms with Gasteiger partial charge in [0.15, 0.2) is 17.5 Å². The van der Waals surface area contributed by atoms with Gasteiger partial charge in [-0.2, -0.15) is 0 Å². The highest BCUT2D eigenvalue weighted by molar-refractivity contribution is 5.79. The van der Waals surface area contributed by atoms with Crippen LogP contribution in [0.15, 0.2) is 47.7 Å². The van der Waals surface area contributed by atoms with Crippen molar-refractivity contribution in [3.05, 3.63) is 48.3 Å². The second-order valence-corrected chi connectivity index (χ2v) is 5.82. The van der Waals surface area contributed by atoms with Crippen molar-refractivity contribution in [3.63, 3.8) is 0 Å². The van der Waals surface area contributed by atoms with Crippen molar-refractivity contribution < 1.29 is 14.2 Å². The molecule has 0 fully saturated rings. The monoisotopic (exact) mass is 356 g/mol. The summed E-state index contributed by atoms with van der Waals surface area (Å²) in [5.74, 6) is 3.17. The number of nitrogens with zero attached hydrogens (tertiary/aromatic N) is 3. The Morgan fingerprint density at radius 3 is 3.00 bits per heavy atom. The van der Waals surface area contributed by atoms with Crippen LogP contribution in [0.1, 0.15) is 12.5 Å². The van der Waals surface area contributed by atoms with E-state index in [1.54, 1.807) is 12.4 Å². The number of aromatic nitrogens is 1. The van der Waals surface area contributed by atoms with Gasteiger partial charge in [-0.1, -0.05) is 6.07 Å². The maximum Gasteiger partial charge on any atom is 0.231 e. The number of hydrogen-bond acceptors (Lipinski definition) is 5. The van der Waals surface area contributed by atoms with Crippen molar-refractivity contribution in [2.45, 2.75) is 13.5 Å². The summed E-state index contributed by atoms with van der Waals surface area (Å²) < 4.78 is 16.4. The summed E-state index contributed by atoms with van der Waals surface area (Å²) >= 11 is 0. The lowest BCUT2D eigenvalue weighted by molar-refractivity contribution is 0.174. The van der Waals surface area contributed by atoms with Crippen LogP contribution in [0.4, 0.5) is 0 Å². The van der Waals surface area contributed by atoms with Crippen molar-refractivity contribution in [1.29, 1.82) is 0 Å². The lowest BCUT2D eigenvalue weighted by atomic mass is 10.2. The molecule has 2 heterocycles. The minimum absolute atomic E-state index is 0.287. The number of nitrogens with one attached hydrogen (secondary N) is 1. The van der Waals surface area contributed by atoms with Crippen molar-refractivity contribution >= 4 is 5.96 Å². The van der Waals surface area contributed by atoms with Gasteiger partial charge in [-0.3, -0.25) is 4.98 Å². The van der Waals surface area contributed by atoms with E-state index in [1.807, 2.05) is 37.4 Å². The van der Waals surface area contributed by atoms with Crippen LogP contribution >= 0.6 is 0 Å². The quantitative estimate of drug-likeness (QED) is 0.466. The number of guanidine groups is 1. The molecule has 0 aliphatic carbocycles. The zero-order chi connectivity index (χ0) is 18.2. The molecule has 1 aliphatic rings. The highest BCUT2D eigenvalue weighted by atomic mass is 16.7. The van der Waals surface area contributed by atoms with Gasteiger partial charge in [-0.25, -0.2) is 4.99 Å². The molecule has 0 spiro atoms. The summed E-state index contributed by atoms with van der Waals surface area (Å²) in [6, 6.07) is 9.72. The Morgan fingerprint density at radius 2 is 2.19 bits per heavy atom. The fraction of sp³-hybridized carbons (Fsp3) is 0.368. The van der Waals surface area contributed by atoms with Gasteiger partial charge in [-0.05, 0) is 36.8 Å². The number of pyridine rings is 1. The largest absolute Gasteiger partial charge is 0.490 e. The molecular weight excluding hydrogens is 332 g/mol. The third-order valence-corrected chi connectivity index (χ3v) is 3.81. The van der Waals surface area contributed by atoms with E-state index in [2.05, 4.69) is 27.1 Å². The van der Waals surface area contributed by atoms with Gasteiger partial charge >= 0.3 is 0 Å². The van der Waals surface area contributed by atoms with Crippen LogP contribution in [-0.4, -0.2) is 49.4 Å². The second kappa shape index (κ2) is 8.94. The van der Waals surface area contributed by atoms with Gasteiger partial charge in [-0.15, -0.1) is 0 Å². The van der Waals surface area contributed by atoms with Crippen LogP contribution in [0.3, 0.4) is 0 Å². The zero-order valence-corrected chi connectivity index (χ0v) is 15.1. The first-order chi connectivity index (χ1) is 12.8. The number of rotatable bonds is 7. The van der Waals surface area contributed by atoms with Crippen LogP contribution < -0.4 is 19.5 Å². The topological polar surface area (TPSA) is 68.2 Å². The normalized spacial score (nSPS) is 12.8. The molecule has 3 rings (SSSR count). The van der Waals surface area contributed by atoms with Crippen molar-refractivity contribution in [2.75, 3.05) is 33.5 Å². The van der Waals surface area contributed by atoms with Crippen LogP contribution in [0.25, 0.3) is 0 Å². The minimum Gasteiger partial charge on any atom is -0.490 e. The molecule has 0 amide bonds. The van der Waals surface area contributed by atoms with E-state index < -0.39 is 0 Å². The van der Waals surface area contributed by atoms with E-state index in [1.165, 1.54) is 0 Å². The van der Waals surface area contributed by atoms with E-state index in [0.29, 0.717) is 19.7 Å². The molecule has 2 aromatic rings. The predicted molar refractivity (Wildman–Crippen MR) is 99.7 cm³/mol. The molecule has 138 valence electrons. The third-order valence-electron chi connectivity index (χ3n) is 3.81. The Morgan fingerprint density at radius 1 is 1.31 bits per heavy atom. The molecule has 0 saturated carbocycles. The molecule has 1 N–H and O–H groups in total. The lowest BCUT2D eigenvalue weighted by Gasteiger charge is -2.22. The summed E-state index contributed by atoms with van der Waals surface area (Å²) in [5, 5.41) is 3.31. The van der Waals surface area contributed by atoms with E-state index in [0.717, 1.165) is 35.3 Å². The van der Waals surface area contributed by atoms with Gasteiger partial charge in [0.1, 0.15) is 12.4 Å². The first-order valence-electron chi connectivity index (χ1n) is 8.67. The minimum atomic E-state index is 0.287.